The second kappa shape index (κ2) is 4.42. The number of hydrogen-bond donors (Lipinski definition) is 1. The van der Waals surface area contributed by atoms with Crippen LogP contribution in [0.3, 0.4) is 0 Å². The Bertz CT molecular complexity index is 659. The lowest BCUT2D eigenvalue weighted by Crippen LogP contribution is -2.39. The zero-order chi connectivity index (χ0) is 13.4. The minimum atomic E-state index is -0.366. The van der Waals surface area contributed by atoms with Gasteiger partial charge >= 0.3 is 0 Å². The minimum Gasteiger partial charge on any atom is -0.496 e. The fourth-order valence-corrected chi connectivity index (χ4v) is 2.50. The molecular weight excluding hydrogens is 246 g/mol. The van der Waals surface area contributed by atoms with Crippen LogP contribution < -0.4 is 10.1 Å². The Morgan fingerprint density at radius 2 is 2.21 bits per heavy atom. The first kappa shape index (κ1) is 11.8. The Hall–Kier alpha value is -2.30. The number of imide groups is 1. The van der Waals surface area contributed by atoms with E-state index in [1.165, 1.54) is 0 Å². The summed E-state index contributed by atoms with van der Waals surface area (Å²) in [5.74, 6) is -0.188. The van der Waals surface area contributed by atoms with Gasteiger partial charge < -0.3 is 9.15 Å². The number of fused-ring (bicyclic) bond motifs is 1. The molecule has 5 heteroatoms. The topological polar surface area (TPSA) is 68.5 Å². The van der Waals surface area contributed by atoms with E-state index in [2.05, 4.69) is 5.32 Å². The van der Waals surface area contributed by atoms with Gasteiger partial charge in [-0.1, -0.05) is 6.07 Å². The van der Waals surface area contributed by atoms with Crippen molar-refractivity contribution in [2.75, 3.05) is 7.11 Å². The van der Waals surface area contributed by atoms with Crippen LogP contribution >= 0.6 is 0 Å². The summed E-state index contributed by atoms with van der Waals surface area (Å²) in [6.45, 7) is 0. The third-order valence-electron chi connectivity index (χ3n) is 3.42. The average molecular weight is 259 g/mol. The van der Waals surface area contributed by atoms with Gasteiger partial charge in [0, 0.05) is 12.0 Å². The lowest BCUT2D eigenvalue weighted by atomic mass is 9.90. The molecule has 5 nitrogen and oxygen atoms in total. The summed E-state index contributed by atoms with van der Waals surface area (Å²) in [4.78, 5) is 23.1. The summed E-state index contributed by atoms with van der Waals surface area (Å²) in [5, 5.41) is 3.16. The SMILES string of the molecule is COc1cccc2occ(C3CCC(=O)NC3=O)c12. The van der Waals surface area contributed by atoms with Gasteiger partial charge in [-0.05, 0) is 18.6 Å². The van der Waals surface area contributed by atoms with Crippen molar-refractivity contribution in [1.82, 2.24) is 5.32 Å². The maximum atomic E-state index is 11.9. The Balaban J connectivity index is 2.10. The first-order chi connectivity index (χ1) is 9.20. The van der Waals surface area contributed by atoms with Crippen LogP contribution in [-0.2, 0) is 9.59 Å². The summed E-state index contributed by atoms with van der Waals surface area (Å²) in [6.07, 6.45) is 2.42. The molecule has 2 aromatic rings. The van der Waals surface area contributed by atoms with Crippen molar-refractivity contribution in [2.24, 2.45) is 0 Å². The number of ether oxygens (including phenoxy) is 1. The van der Waals surface area contributed by atoms with Gasteiger partial charge in [-0.25, -0.2) is 0 Å². The van der Waals surface area contributed by atoms with Crippen LogP contribution in [0.2, 0.25) is 0 Å². The molecule has 0 aliphatic carbocycles. The van der Waals surface area contributed by atoms with Gasteiger partial charge in [0.15, 0.2) is 0 Å². The molecule has 98 valence electrons. The average Bonchev–Trinajstić information content (AvgIpc) is 2.82. The van der Waals surface area contributed by atoms with Crippen LogP contribution in [0.15, 0.2) is 28.9 Å². The standard InChI is InChI=1S/C14H13NO4/c1-18-10-3-2-4-11-13(10)9(7-19-11)8-5-6-12(16)15-14(8)17/h2-4,7-8H,5-6H2,1H3,(H,15,16,17). The molecule has 1 unspecified atom stereocenters. The highest BCUT2D eigenvalue weighted by Crippen LogP contribution is 2.37. The van der Waals surface area contributed by atoms with Crippen LogP contribution in [0, 0.1) is 0 Å². The number of hydrogen-bond acceptors (Lipinski definition) is 4. The summed E-state index contributed by atoms with van der Waals surface area (Å²) < 4.78 is 10.8. The van der Waals surface area contributed by atoms with E-state index in [9.17, 15) is 9.59 Å². The van der Waals surface area contributed by atoms with Gasteiger partial charge in [0.1, 0.15) is 11.3 Å². The van der Waals surface area contributed by atoms with E-state index in [1.807, 2.05) is 18.2 Å². The number of carbonyl (C=O) groups excluding carboxylic acids is 2. The van der Waals surface area contributed by atoms with Crippen LogP contribution in [0.1, 0.15) is 24.3 Å². The predicted octanol–water partition coefficient (Wildman–Crippen LogP) is 1.96. The maximum Gasteiger partial charge on any atom is 0.234 e. The number of nitrogens with one attached hydrogen (secondary N) is 1. The molecule has 1 aromatic carbocycles. The second-order valence-corrected chi connectivity index (χ2v) is 4.53. The van der Waals surface area contributed by atoms with Crippen molar-refractivity contribution < 1.29 is 18.7 Å². The maximum absolute atomic E-state index is 11.9. The molecule has 1 aliphatic rings. The smallest absolute Gasteiger partial charge is 0.234 e. The molecule has 1 aromatic heterocycles. The molecular formula is C14H13NO4. The number of benzene rings is 1. The number of piperidine rings is 1. The molecule has 1 fully saturated rings. The minimum absolute atomic E-state index is 0.221. The molecule has 2 heterocycles. The molecule has 1 saturated heterocycles. The molecule has 0 saturated carbocycles. The Kier molecular flexibility index (Phi) is 2.74. The van der Waals surface area contributed by atoms with E-state index in [0.29, 0.717) is 24.2 Å². The van der Waals surface area contributed by atoms with Crippen LogP contribution in [0.4, 0.5) is 0 Å². The fraction of sp³-hybridized carbons (Fsp3) is 0.286. The van der Waals surface area contributed by atoms with Crippen LogP contribution in [0.25, 0.3) is 11.0 Å². The van der Waals surface area contributed by atoms with Crippen molar-refractivity contribution in [3.05, 3.63) is 30.0 Å². The first-order valence-corrected chi connectivity index (χ1v) is 6.08. The van der Waals surface area contributed by atoms with Crippen LogP contribution in [0.5, 0.6) is 5.75 Å². The van der Waals surface area contributed by atoms with Gasteiger partial charge in [0.05, 0.1) is 24.7 Å². The van der Waals surface area contributed by atoms with Gasteiger partial charge in [0.2, 0.25) is 11.8 Å². The van der Waals surface area contributed by atoms with E-state index in [4.69, 9.17) is 9.15 Å². The van der Waals surface area contributed by atoms with Gasteiger partial charge in [0.25, 0.3) is 0 Å². The third-order valence-corrected chi connectivity index (χ3v) is 3.42. The van der Waals surface area contributed by atoms with Crippen LogP contribution in [-0.4, -0.2) is 18.9 Å². The third kappa shape index (κ3) is 1.87. The normalized spacial score (nSPS) is 19.5. The highest BCUT2D eigenvalue weighted by Gasteiger charge is 2.31. The Morgan fingerprint density at radius 1 is 1.37 bits per heavy atom. The van der Waals surface area contributed by atoms with Crippen molar-refractivity contribution >= 4 is 22.8 Å². The lowest BCUT2D eigenvalue weighted by Gasteiger charge is -2.20. The number of amides is 2. The van der Waals surface area contributed by atoms with Crippen molar-refractivity contribution in [3.8, 4) is 5.75 Å². The number of methoxy groups -OCH3 is 1. The summed E-state index contributed by atoms with van der Waals surface area (Å²) >= 11 is 0. The van der Waals surface area contributed by atoms with Gasteiger partial charge in [-0.3, -0.25) is 14.9 Å². The Morgan fingerprint density at radius 3 is 2.95 bits per heavy atom. The fourth-order valence-electron chi connectivity index (χ4n) is 2.50. The highest BCUT2D eigenvalue weighted by atomic mass is 16.5. The molecule has 1 aliphatic heterocycles. The molecule has 1 N–H and O–H groups in total. The number of carbonyl (C=O) groups is 2. The quantitative estimate of drug-likeness (QED) is 0.837. The summed E-state index contributed by atoms with van der Waals surface area (Å²) in [6, 6.07) is 5.49. The molecule has 19 heavy (non-hydrogen) atoms. The van der Waals surface area contributed by atoms with Crippen molar-refractivity contribution in [3.63, 3.8) is 0 Å². The zero-order valence-electron chi connectivity index (χ0n) is 10.4. The van der Waals surface area contributed by atoms with E-state index in [0.717, 1.165) is 10.9 Å². The predicted molar refractivity (Wildman–Crippen MR) is 67.9 cm³/mol. The molecule has 0 bridgehead atoms. The molecule has 2 amide bonds. The number of rotatable bonds is 2. The van der Waals surface area contributed by atoms with E-state index >= 15 is 0 Å². The molecule has 1 atom stereocenters. The Labute approximate surface area is 109 Å². The molecule has 0 spiro atoms. The van der Waals surface area contributed by atoms with Crippen molar-refractivity contribution in [1.29, 1.82) is 0 Å². The van der Waals surface area contributed by atoms with E-state index < -0.39 is 0 Å². The van der Waals surface area contributed by atoms with E-state index in [1.54, 1.807) is 13.4 Å². The monoisotopic (exact) mass is 259 g/mol. The first-order valence-electron chi connectivity index (χ1n) is 6.08. The van der Waals surface area contributed by atoms with Crippen molar-refractivity contribution in [2.45, 2.75) is 18.8 Å². The largest absolute Gasteiger partial charge is 0.496 e. The molecule has 0 radical (unpaired) electrons. The highest BCUT2D eigenvalue weighted by molar-refractivity contribution is 6.03. The molecule has 3 rings (SSSR count). The number of furan rings is 1. The summed E-state index contributed by atoms with van der Waals surface area (Å²) in [7, 11) is 1.58. The van der Waals surface area contributed by atoms with Gasteiger partial charge in [-0.15, -0.1) is 0 Å². The summed E-state index contributed by atoms with van der Waals surface area (Å²) in [5.41, 5.74) is 1.46. The van der Waals surface area contributed by atoms with E-state index in [-0.39, 0.29) is 17.7 Å². The van der Waals surface area contributed by atoms with Gasteiger partial charge in [-0.2, -0.15) is 0 Å². The second-order valence-electron chi connectivity index (χ2n) is 4.53. The zero-order valence-corrected chi connectivity index (χ0v) is 10.4. The lowest BCUT2D eigenvalue weighted by molar-refractivity contribution is -0.134.